The van der Waals surface area contributed by atoms with E-state index in [4.69, 9.17) is 5.11 Å². The standard InChI is InChI=1S/C13H19NO6S2/c15-9-12(16)8-14(11-6-7-21(17,18)10-11)22(19,20)13-4-2-1-3-5-13/h1-5,11-12,15-16H,6-10H2/t11-,12-/m1/s1. The second-order valence-corrected chi connectivity index (χ2v) is 9.40. The zero-order valence-electron chi connectivity index (χ0n) is 11.9. The molecule has 2 rings (SSSR count). The van der Waals surface area contributed by atoms with E-state index < -0.39 is 38.6 Å². The van der Waals surface area contributed by atoms with Crippen LogP contribution in [0.25, 0.3) is 0 Å². The van der Waals surface area contributed by atoms with Crippen LogP contribution in [0.1, 0.15) is 6.42 Å². The molecule has 0 saturated carbocycles. The van der Waals surface area contributed by atoms with Crippen molar-refractivity contribution in [3.63, 3.8) is 0 Å². The Kier molecular flexibility index (Phi) is 5.23. The molecular formula is C13H19NO6S2. The topological polar surface area (TPSA) is 112 Å². The summed E-state index contributed by atoms with van der Waals surface area (Å²) in [6.07, 6.45) is -1.08. The molecule has 22 heavy (non-hydrogen) atoms. The number of hydrogen-bond acceptors (Lipinski definition) is 6. The monoisotopic (exact) mass is 349 g/mol. The Labute approximate surface area is 130 Å². The molecule has 9 heteroatoms. The molecule has 1 heterocycles. The zero-order valence-corrected chi connectivity index (χ0v) is 13.5. The van der Waals surface area contributed by atoms with Crippen LogP contribution in [0.2, 0.25) is 0 Å². The first-order chi connectivity index (χ1) is 10.3. The minimum Gasteiger partial charge on any atom is -0.394 e. The van der Waals surface area contributed by atoms with Crippen molar-refractivity contribution in [2.24, 2.45) is 0 Å². The van der Waals surface area contributed by atoms with Crippen molar-refractivity contribution >= 4 is 19.9 Å². The van der Waals surface area contributed by atoms with E-state index in [2.05, 4.69) is 0 Å². The molecule has 1 fully saturated rings. The van der Waals surface area contributed by atoms with Gasteiger partial charge < -0.3 is 10.2 Å². The maximum absolute atomic E-state index is 12.7. The van der Waals surface area contributed by atoms with Crippen LogP contribution in [0.3, 0.4) is 0 Å². The van der Waals surface area contributed by atoms with E-state index in [0.29, 0.717) is 0 Å². The molecule has 1 saturated heterocycles. The molecular weight excluding hydrogens is 330 g/mol. The largest absolute Gasteiger partial charge is 0.394 e. The summed E-state index contributed by atoms with van der Waals surface area (Å²) in [6.45, 7) is -0.936. The molecule has 0 unspecified atom stereocenters. The number of rotatable bonds is 6. The van der Waals surface area contributed by atoms with Gasteiger partial charge >= 0.3 is 0 Å². The van der Waals surface area contributed by atoms with E-state index in [0.717, 1.165) is 4.31 Å². The van der Waals surface area contributed by atoms with Crippen molar-refractivity contribution < 1.29 is 27.0 Å². The second kappa shape index (κ2) is 6.63. The van der Waals surface area contributed by atoms with Crippen molar-refractivity contribution in [3.05, 3.63) is 30.3 Å². The number of nitrogens with zero attached hydrogens (tertiary/aromatic N) is 1. The summed E-state index contributed by atoms with van der Waals surface area (Å²) >= 11 is 0. The summed E-state index contributed by atoms with van der Waals surface area (Å²) in [5, 5.41) is 18.6. The first-order valence-electron chi connectivity index (χ1n) is 6.82. The molecule has 2 N–H and O–H groups in total. The number of sulfonamides is 1. The molecule has 7 nitrogen and oxygen atoms in total. The van der Waals surface area contributed by atoms with Crippen molar-refractivity contribution in [2.75, 3.05) is 24.7 Å². The fourth-order valence-electron chi connectivity index (χ4n) is 2.44. The highest BCUT2D eigenvalue weighted by molar-refractivity contribution is 7.92. The molecule has 1 aromatic rings. The van der Waals surface area contributed by atoms with Gasteiger partial charge in [-0.3, -0.25) is 0 Å². The minimum atomic E-state index is -3.94. The van der Waals surface area contributed by atoms with E-state index in [9.17, 15) is 21.9 Å². The van der Waals surface area contributed by atoms with Crippen LogP contribution >= 0.6 is 0 Å². The Morgan fingerprint density at radius 2 is 1.91 bits per heavy atom. The predicted molar refractivity (Wildman–Crippen MR) is 80.5 cm³/mol. The van der Waals surface area contributed by atoms with Crippen molar-refractivity contribution in [3.8, 4) is 0 Å². The SMILES string of the molecule is O=S1(=O)CC[C@@H](N(C[C@@H](O)CO)S(=O)(=O)c2ccccc2)C1. The van der Waals surface area contributed by atoms with E-state index in [1.54, 1.807) is 18.2 Å². The lowest BCUT2D eigenvalue weighted by atomic mass is 10.2. The minimum absolute atomic E-state index is 0.0319. The van der Waals surface area contributed by atoms with Crippen LogP contribution in [0, 0.1) is 0 Å². The molecule has 0 amide bonds. The number of aliphatic hydroxyl groups excluding tert-OH is 2. The fourth-order valence-corrected chi connectivity index (χ4v) is 5.98. The van der Waals surface area contributed by atoms with Crippen LogP contribution in [-0.2, 0) is 19.9 Å². The highest BCUT2D eigenvalue weighted by Crippen LogP contribution is 2.25. The van der Waals surface area contributed by atoms with Crippen molar-refractivity contribution in [2.45, 2.75) is 23.5 Å². The molecule has 124 valence electrons. The summed E-state index contributed by atoms with van der Waals surface area (Å²) in [5.74, 6) is -0.342. The lowest BCUT2D eigenvalue weighted by Gasteiger charge is -2.28. The Morgan fingerprint density at radius 3 is 2.41 bits per heavy atom. The number of aliphatic hydroxyl groups is 2. The Hall–Kier alpha value is -1.00. The molecule has 0 aromatic heterocycles. The highest BCUT2D eigenvalue weighted by atomic mass is 32.2. The van der Waals surface area contributed by atoms with Gasteiger partial charge in [0.25, 0.3) is 0 Å². The number of hydrogen-bond donors (Lipinski definition) is 2. The third-order valence-corrected chi connectivity index (χ3v) is 7.25. The van der Waals surface area contributed by atoms with Crippen molar-refractivity contribution in [1.82, 2.24) is 4.31 Å². The Morgan fingerprint density at radius 1 is 1.27 bits per heavy atom. The average Bonchev–Trinajstić information content (AvgIpc) is 2.85. The fraction of sp³-hybridized carbons (Fsp3) is 0.538. The number of benzene rings is 1. The van der Waals surface area contributed by atoms with Crippen LogP contribution in [0.15, 0.2) is 35.2 Å². The molecule has 0 spiro atoms. The molecule has 0 bridgehead atoms. The number of sulfone groups is 1. The summed E-state index contributed by atoms with van der Waals surface area (Å²) in [5.41, 5.74) is 0. The van der Waals surface area contributed by atoms with Crippen LogP contribution < -0.4 is 0 Å². The molecule has 0 radical (unpaired) electrons. The highest BCUT2D eigenvalue weighted by Gasteiger charge is 2.39. The summed E-state index contributed by atoms with van der Waals surface area (Å²) in [7, 11) is -7.22. The molecule has 0 aliphatic carbocycles. The van der Waals surface area contributed by atoms with Gasteiger partial charge in [-0.1, -0.05) is 18.2 Å². The lowest BCUT2D eigenvalue weighted by Crippen LogP contribution is -2.46. The maximum Gasteiger partial charge on any atom is 0.243 e. The van der Waals surface area contributed by atoms with Gasteiger partial charge in [-0.25, -0.2) is 16.8 Å². The normalized spacial score (nSPS) is 22.8. The van der Waals surface area contributed by atoms with Gasteiger partial charge in [0, 0.05) is 12.6 Å². The molecule has 1 aliphatic rings. The van der Waals surface area contributed by atoms with Crippen LogP contribution in [0.4, 0.5) is 0 Å². The summed E-state index contributed by atoms with van der Waals surface area (Å²) < 4.78 is 49.7. The van der Waals surface area contributed by atoms with E-state index >= 15 is 0 Å². The molecule has 1 aromatic carbocycles. The van der Waals surface area contributed by atoms with E-state index in [1.165, 1.54) is 12.1 Å². The van der Waals surface area contributed by atoms with Gasteiger partial charge in [-0.2, -0.15) is 4.31 Å². The van der Waals surface area contributed by atoms with E-state index in [1.807, 2.05) is 0 Å². The van der Waals surface area contributed by atoms with Crippen LogP contribution in [-0.4, -0.2) is 68.2 Å². The Balaban J connectivity index is 2.36. The molecule has 1 aliphatic heterocycles. The van der Waals surface area contributed by atoms with Gasteiger partial charge in [0.05, 0.1) is 29.1 Å². The third-order valence-electron chi connectivity index (χ3n) is 3.57. The van der Waals surface area contributed by atoms with Gasteiger partial charge in [0.15, 0.2) is 9.84 Å². The quantitative estimate of drug-likeness (QED) is 0.697. The van der Waals surface area contributed by atoms with Gasteiger partial charge in [0.1, 0.15) is 0 Å². The zero-order chi connectivity index (χ0) is 16.4. The van der Waals surface area contributed by atoms with E-state index in [-0.39, 0.29) is 29.4 Å². The van der Waals surface area contributed by atoms with Crippen LogP contribution in [0.5, 0.6) is 0 Å². The summed E-state index contributed by atoms with van der Waals surface area (Å²) in [4.78, 5) is 0.0319. The second-order valence-electron chi connectivity index (χ2n) is 5.28. The average molecular weight is 349 g/mol. The smallest absolute Gasteiger partial charge is 0.243 e. The van der Waals surface area contributed by atoms with Gasteiger partial charge in [0.2, 0.25) is 10.0 Å². The first kappa shape index (κ1) is 17.4. The summed E-state index contributed by atoms with van der Waals surface area (Å²) in [6, 6.07) is 6.91. The molecule has 2 atom stereocenters. The third kappa shape index (κ3) is 3.85. The van der Waals surface area contributed by atoms with Crippen molar-refractivity contribution in [1.29, 1.82) is 0 Å². The first-order valence-corrected chi connectivity index (χ1v) is 10.1. The predicted octanol–water partition coefficient (Wildman–Crippen LogP) is -0.782. The van der Waals surface area contributed by atoms with Gasteiger partial charge in [-0.15, -0.1) is 0 Å². The van der Waals surface area contributed by atoms with Gasteiger partial charge in [-0.05, 0) is 18.6 Å². The lowest BCUT2D eigenvalue weighted by molar-refractivity contribution is 0.0730. The Bertz CT molecular complexity index is 701. The maximum atomic E-state index is 12.7.